The molecule has 10 aromatic rings. The van der Waals surface area contributed by atoms with Crippen LogP contribution in [0.15, 0.2) is 213 Å². The highest BCUT2D eigenvalue weighted by Crippen LogP contribution is 2.63. The molecule has 3 heterocycles. The Bertz CT molecular complexity index is 3540. The molecular weight excluding hydrogens is 791 g/mol. The number of hydrogen-bond acceptors (Lipinski definition) is 4. The van der Waals surface area contributed by atoms with Gasteiger partial charge in [-0.1, -0.05) is 178 Å². The van der Waals surface area contributed by atoms with Crippen molar-refractivity contribution in [2.24, 2.45) is 0 Å². The maximum absolute atomic E-state index is 7.12. The third-order valence-electron chi connectivity index (χ3n) is 14.1. The fourth-order valence-electron chi connectivity index (χ4n) is 11.0. The van der Waals surface area contributed by atoms with Gasteiger partial charge in [0, 0.05) is 45.6 Å². The second-order valence-corrected chi connectivity index (χ2v) is 17.9. The lowest BCUT2D eigenvalue weighted by Crippen LogP contribution is -2.35. The van der Waals surface area contributed by atoms with E-state index in [9.17, 15) is 0 Å². The normalized spacial score (nSPS) is 15.5. The topological polar surface area (TPSA) is 47.9 Å². The van der Waals surface area contributed by atoms with E-state index in [1.165, 1.54) is 44.5 Å². The summed E-state index contributed by atoms with van der Waals surface area (Å²) in [6.07, 6.45) is 3.70. The Morgan fingerprint density at radius 3 is 1.65 bits per heavy atom. The van der Waals surface area contributed by atoms with E-state index >= 15 is 0 Å². The number of fused-ring (bicyclic) bond motifs is 14. The summed E-state index contributed by atoms with van der Waals surface area (Å²) in [6.45, 7) is 4.67. The first-order valence-electron chi connectivity index (χ1n) is 22.3. The molecule has 1 aliphatic heterocycles. The van der Waals surface area contributed by atoms with Crippen LogP contribution in [0.25, 0.3) is 78.4 Å². The van der Waals surface area contributed by atoms with Gasteiger partial charge >= 0.3 is 0 Å². The summed E-state index contributed by atoms with van der Waals surface area (Å²) in [5.41, 5.74) is 20.3. The highest BCUT2D eigenvalue weighted by atomic mass is 16.5. The van der Waals surface area contributed by atoms with Crippen LogP contribution in [-0.4, -0.2) is 15.0 Å². The predicted molar refractivity (Wildman–Crippen MR) is 262 cm³/mol. The Morgan fingerprint density at radius 1 is 0.354 bits per heavy atom. The second kappa shape index (κ2) is 14.2. The Labute approximate surface area is 378 Å². The number of para-hydroxylation sites is 1. The first-order valence-corrected chi connectivity index (χ1v) is 22.3. The van der Waals surface area contributed by atoms with E-state index in [-0.39, 0.29) is 5.41 Å². The minimum absolute atomic E-state index is 0.199. The van der Waals surface area contributed by atoms with Crippen LogP contribution in [0, 0.1) is 0 Å². The number of ether oxygens (including phenoxy) is 1. The highest BCUT2D eigenvalue weighted by Gasteiger charge is 2.51. The molecule has 1 atom stereocenters. The van der Waals surface area contributed by atoms with Crippen molar-refractivity contribution in [1.29, 1.82) is 0 Å². The molecule has 1 spiro atoms. The van der Waals surface area contributed by atoms with E-state index in [2.05, 4.69) is 207 Å². The van der Waals surface area contributed by atoms with Gasteiger partial charge in [-0.2, -0.15) is 0 Å². The van der Waals surface area contributed by atoms with Gasteiger partial charge in [-0.15, -0.1) is 0 Å². The van der Waals surface area contributed by atoms with E-state index in [1.54, 1.807) is 6.20 Å². The number of nitrogens with zero attached hydrogens (tertiary/aromatic N) is 3. The minimum Gasteiger partial charge on any atom is -0.457 e. The van der Waals surface area contributed by atoms with Crippen molar-refractivity contribution in [3.05, 3.63) is 246 Å². The highest BCUT2D eigenvalue weighted by molar-refractivity contribution is 5.95. The first-order chi connectivity index (χ1) is 32.0. The first kappa shape index (κ1) is 37.4. The quantitative estimate of drug-likeness (QED) is 0.177. The maximum Gasteiger partial charge on any atom is 0.160 e. The van der Waals surface area contributed by atoms with E-state index in [0.717, 1.165) is 73.0 Å². The molecule has 0 N–H and O–H groups in total. The van der Waals surface area contributed by atoms with Crippen molar-refractivity contribution in [2.45, 2.75) is 24.7 Å². The van der Waals surface area contributed by atoms with E-state index in [4.69, 9.17) is 14.7 Å². The SMILES string of the molecule is CC1(C)c2ccccc2-c2cc3c(cc21)Oc1ccccc1C31c2ccccc2-c2ccccc2-c2ccc(-c3nc(-c4ccccc4)cc(-c4ccc(-c5cccnc5)cc4)n3)cc21. The number of pyridine rings is 1. The zero-order chi connectivity index (χ0) is 43.3. The standard InChI is InChI=1S/C61H41N3O/c1-60(2)49-22-10-8-21-46(49)48-34-54-58(35-52(48)60)65-57-25-13-12-24-51(57)61(54)50-23-11-9-20-45(50)43-18-6-7-19-44(43)47-31-30-41(33-53(47)61)59-63-55(39-15-4-3-5-16-39)36-56(64-59)40-28-26-38(27-29-40)42-17-14-32-62-37-42/h3-37H,1-2H3. The summed E-state index contributed by atoms with van der Waals surface area (Å²) >= 11 is 0. The zero-order valence-corrected chi connectivity index (χ0v) is 36.0. The van der Waals surface area contributed by atoms with Gasteiger partial charge in [0.2, 0.25) is 0 Å². The second-order valence-electron chi connectivity index (χ2n) is 17.9. The van der Waals surface area contributed by atoms with Gasteiger partial charge in [-0.25, -0.2) is 9.97 Å². The molecule has 0 radical (unpaired) electrons. The average molecular weight is 832 g/mol. The van der Waals surface area contributed by atoms with Crippen LogP contribution in [0.1, 0.15) is 47.2 Å². The van der Waals surface area contributed by atoms with Crippen LogP contribution in [0.5, 0.6) is 11.5 Å². The van der Waals surface area contributed by atoms with Crippen LogP contribution in [0.3, 0.4) is 0 Å². The van der Waals surface area contributed by atoms with Gasteiger partial charge in [-0.3, -0.25) is 4.98 Å². The number of rotatable bonds is 4. The van der Waals surface area contributed by atoms with E-state index in [0.29, 0.717) is 5.82 Å². The van der Waals surface area contributed by atoms with Gasteiger partial charge < -0.3 is 4.74 Å². The summed E-state index contributed by atoms with van der Waals surface area (Å²) in [4.78, 5) is 15.2. The van der Waals surface area contributed by atoms with Crippen LogP contribution in [0.2, 0.25) is 0 Å². The third-order valence-corrected chi connectivity index (χ3v) is 14.1. The number of aromatic nitrogens is 3. The van der Waals surface area contributed by atoms with Crippen molar-refractivity contribution >= 4 is 0 Å². The monoisotopic (exact) mass is 831 g/mol. The van der Waals surface area contributed by atoms with Crippen molar-refractivity contribution in [1.82, 2.24) is 15.0 Å². The van der Waals surface area contributed by atoms with Gasteiger partial charge in [-0.05, 0) is 103 Å². The number of hydrogen-bond donors (Lipinski definition) is 0. The van der Waals surface area contributed by atoms with Crippen molar-refractivity contribution in [2.75, 3.05) is 0 Å². The molecule has 0 fully saturated rings. The Morgan fingerprint density at radius 2 is 0.923 bits per heavy atom. The molecule has 0 amide bonds. The maximum atomic E-state index is 7.12. The van der Waals surface area contributed by atoms with Crippen LogP contribution in [0.4, 0.5) is 0 Å². The molecule has 3 aliphatic rings. The summed E-state index contributed by atoms with van der Waals surface area (Å²) < 4.78 is 7.12. The predicted octanol–water partition coefficient (Wildman–Crippen LogP) is 15.0. The van der Waals surface area contributed by atoms with E-state index in [1.807, 2.05) is 18.3 Å². The van der Waals surface area contributed by atoms with Crippen molar-refractivity contribution < 1.29 is 4.74 Å². The smallest absolute Gasteiger partial charge is 0.160 e. The molecule has 2 aromatic heterocycles. The molecule has 306 valence electrons. The van der Waals surface area contributed by atoms with Crippen LogP contribution >= 0.6 is 0 Å². The molecule has 1 unspecified atom stereocenters. The number of benzene rings is 8. The Hall–Kier alpha value is -8.21. The molecular formula is C61H41N3O. The van der Waals surface area contributed by atoms with E-state index < -0.39 is 5.41 Å². The average Bonchev–Trinajstić information content (AvgIpc) is 3.53. The summed E-state index contributed by atoms with van der Waals surface area (Å²) in [5, 5.41) is 0. The fourth-order valence-corrected chi connectivity index (χ4v) is 11.0. The lowest BCUT2D eigenvalue weighted by Gasteiger charge is -2.43. The van der Waals surface area contributed by atoms with Gasteiger partial charge in [0.1, 0.15) is 11.5 Å². The molecule has 2 aliphatic carbocycles. The van der Waals surface area contributed by atoms with Gasteiger partial charge in [0.05, 0.1) is 16.8 Å². The zero-order valence-electron chi connectivity index (χ0n) is 36.0. The molecule has 65 heavy (non-hydrogen) atoms. The molecule has 13 rings (SSSR count). The lowest BCUT2D eigenvalue weighted by atomic mass is 9.61. The molecule has 4 nitrogen and oxygen atoms in total. The largest absolute Gasteiger partial charge is 0.457 e. The van der Waals surface area contributed by atoms with Gasteiger partial charge in [0.15, 0.2) is 5.82 Å². The fraction of sp³-hybridized carbons (Fsp3) is 0.0656. The molecule has 0 saturated heterocycles. The van der Waals surface area contributed by atoms with Gasteiger partial charge in [0.25, 0.3) is 0 Å². The Balaban J connectivity index is 1.11. The molecule has 8 aromatic carbocycles. The van der Waals surface area contributed by atoms with Crippen LogP contribution < -0.4 is 4.74 Å². The lowest BCUT2D eigenvalue weighted by molar-refractivity contribution is 0.433. The molecule has 0 bridgehead atoms. The van der Waals surface area contributed by atoms with Crippen molar-refractivity contribution in [3.8, 4) is 89.9 Å². The molecule has 4 heteroatoms. The summed E-state index contributed by atoms with van der Waals surface area (Å²) in [6, 6.07) is 72.3. The van der Waals surface area contributed by atoms with Crippen molar-refractivity contribution in [3.63, 3.8) is 0 Å². The summed E-state index contributed by atoms with van der Waals surface area (Å²) in [5.74, 6) is 2.39. The molecule has 0 saturated carbocycles. The third kappa shape index (κ3) is 5.53. The minimum atomic E-state index is -0.802. The Kier molecular flexibility index (Phi) is 8.13. The van der Waals surface area contributed by atoms with Crippen LogP contribution in [-0.2, 0) is 10.8 Å². The summed E-state index contributed by atoms with van der Waals surface area (Å²) in [7, 11) is 0.